The number of aryl methyl sites for hydroxylation is 1. The molecule has 0 aromatic heterocycles. The van der Waals surface area contributed by atoms with E-state index in [0.29, 0.717) is 29.6 Å². The Morgan fingerprint density at radius 1 is 1.13 bits per heavy atom. The van der Waals surface area contributed by atoms with Crippen LogP contribution in [0.5, 0.6) is 5.75 Å². The van der Waals surface area contributed by atoms with Crippen molar-refractivity contribution in [2.24, 2.45) is 0 Å². The molecule has 0 bridgehead atoms. The molecule has 1 N–H and O–H groups in total. The second-order valence-electron chi connectivity index (χ2n) is 7.49. The Morgan fingerprint density at radius 3 is 2.48 bits per heavy atom. The fourth-order valence-corrected chi connectivity index (χ4v) is 3.47. The van der Waals surface area contributed by atoms with Crippen LogP contribution < -0.4 is 10.1 Å². The number of ether oxygens (including phenoxy) is 1. The molecule has 1 atom stereocenters. The van der Waals surface area contributed by atoms with Gasteiger partial charge in [-0.2, -0.15) is 0 Å². The zero-order valence-electron chi connectivity index (χ0n) is 18.3. The predicted octanol–water partition coefficient (Wildman–Crippen LogP) is 5.40. The quantitative estimate of drug-likeness (QED) is 0.452. The van der Waals surface area contributed by atoms with Gasteiger partial charge in [0.15, 0.2) is 0 Å². The predicted molar refractivity (Wildman–Crippen MR) is 126 cm³/mol. The van der Waals surface area contributed by atoms with Gasteiger partial charge in [0, 0.05) is 29.6 Å². The van der Waals surface area contributed by atoms with Crippen molar-refractivity contribution in [1.82, 2.24) is 10.2 Å². The molecule has 0 heterocycles. The Morgan fingerprint density at radius 2 is 1.84 bits per heavy atom. The van der Waals surface area contributed by atoms with E-state index in [1.165, 1.54) is 0 Å². The van der Waals surface area contributed by atoms with Crippen molar-refractivity contribution in [3.05, 3.63) is 63.6 Å². The Kier molecular flexibility index (Phi) is 10.2. The molecule has 0 aliphatic rings. The van der Waals surface area contributed by atoms with Crippen molar-refractivity contribution < 1.29 is 14.3 Å². The lowest BCUT2D eigenvalue weighted by Gasteiger charge is -2.29. The molecule has 31 heavy (non-hydrogen) atoms. The minimum atomic E-state index is -0.621. The normalized spacial score (nSPS) is 11.6. The highest BCUT2D eigenvalue weighted by atomic mass is 35.5. The molecular formula is C24H30Cl2N2O3. The van der Waals surface area contributed by atoms with Gasteiger partial charge in [-0.15, -0.1) is 0 Å². The molecule has 0 unspecified atom stereocenters. The summed E-state index contributed by atoms with van der Waals surface area (Å²) in [5, 5.41) is 3.85. The Bertz CT molecular complexity index is 872. The zero-order chi connectivity index (χ0) is 22.8. The van der Waals surface area contributed by atoms with Gasteiger partial charge in [0.05, 0.1) is 6.61 Å². The highest BCUT2D eigenvalue weighted by Crippen LogP contribution is 2.23. The van der Waals surface area contributed by atoms with E-state index in [1.807, 2.05) is 38.1 Å². The molecule has 2 rings (SSSR count). The van der Waals surface area contributed by atoms with Crippen molar-refractivity contribution in [3.63, 3.8) is 0 Å². The summed E-state index contributed by atoms with van der Waals surface area (Å²) >= 11 is 12.3. The lowest BCUT2D eigenvalue weighted by Crippen LogP contribution is -2.47. The first-order valence-corrected chi connectivity index (χ1v) is 11.3. The Balaban J connectivity index is 2.02. The highest BCUT2D eigenvalue weighted by molar-refractivity contribution is 6.35. The molecule has 168 valence electrons. The van der Waals surface area contributed by atoms with E-state index in [0.717, 1.165) is 23.3 Å². The summed E-state index contributed by atoms with van der Waals surface area (Å²) in [6.07, 6.45) is 1.63. The van der Waals surface area contributed by atoms with Gasteiger partial charge in [-0.25, -0.2) is 0 Å². The van der Waals surface area contributed by atoms with E-state index in [-0.39, 0.29) is 24.8 Å². The summed E-state index contributed by atoms with van der Waals surface area (Å²) in [4.78, 5) is 27.1. The fourth-order valence-electron chi connectivity index (χ4n) is 3.00. The number of nitrogens with one attached hydrogen (secondary N) is 1. The van der Waals surface area contributed by atoms with Crippen molar-refractivity contribution in [2.45, 2.75) is 52.6 Å². The number of nitrogens with zero attached hydrogens (tertiary/aromatic N) is 1. The largest absolute Gasteiger partial charge is 0.494 e. The SMILES string of the molecule is CCCNC(=O)[C@@H](C)N(Cc1ccc(Cl)cc1Cl)C(=O)CCCOc1ccc(C)cc1. The maximum atomic E-state index is 13.0. The van der Waals surface area contributed by atoms with E-state index in [1.54, 1.807) is 30.0 Å². The number of carbonyl (C=O) groups is 2. The van der Waals surface area contributed by atoms with Gasteiger partial charge in [-0.05, 0) is 56.5 Å². The molecule has 0 aliphatic carbocycles. The van der Waals surface area contributed by atoms with Crippen LogP contribution in [0.15, 0.2) is 42.5 Å². The zero-order valence-corrected chi connectivity index (χ0v) is 19.8. The number of benzene rings is 2. The minimum absolute atomic E-state index is 0.127. The number of rotatable bonds is 11. The molecule has 2 aromatic carbocycles. The fraction of sp³-hybridized carbons (Fsp3) is 0.417. The van der Waals surface area contributed by atoms with E-state index in [9.17, 15) is 9.59 Å². The smallest absolute Gasteiger partial charge is 0.242 e. The second kappa shape index (κ2) is 12.6. The monoisotopic (exact) mass is 464 g/mol. The van der Waals surface area contributed by atoms with Crippen molar-refractivity contribution in [1.29, 1.82) is 0 Å². The van der Waals surface area contributed by atoms with Gasteiger partial charge in [0.25, 0.3) is 0 Å². The third-order valence-electron chi connectivity index (χ3n) is 4.90. The van der Waals surface area contributed by atoms with Crippen molar-refractivity contribution in [3.8, 4) is 5.75 Å². The van der Waals surface area contributed by atoms with Crippen LogP contribution in [0, 0.1) is 6.92 Å². The molecular weight excluding hydrogens is 435 g/mol. The summed E-state index contributed by atoms with van der Waals surface area (Å²) < 4.78 is 5.72. The molecule has 5 nitrogen and oxygen atoms in total. The van der Waals surface area contributed by atoms with Crippen LogP contribution in [-0.4, -0.2) is 35.9 Å². The molecule has 0 saturated carbocycles. The minimum Gasteiger partial charge on any atom is -0.494 e. The average Bonchev–Trinajstić information content (AvgIpc) is 2.75. The first-order chi connectivity index (χ1) is 14.8. The lowest BCUT2D eigenvalue weighted by atomic mass is 10.1. The number of carbonyl (C=O) groups excluding carboxylic acids is 2. The number of halogens is 2. The number of hydrogen-bond donors (Lipinski definition) is 1. The summed E-state index contributed by atoms with van der Waals surface area (Å²) in [6, 6.07) is 12.3. The molecule has 0 saturated heterocycles. The van der Waals surface area contributed by atoms with Gasteiger partial charge in [-0.1, -0.05) is 53.9 Å². The third kappa shape index (κ3) is 8.08. The van der Waals surface area contributed by atoms with Gasteiger partial charge < -0.3 is 15.0 Å². The van der Waals surface area contributed by atoms with Crippen LogP contribution in [0.2, 0.25) is 10.0 Å². The topological polar surface area (TPSA) is 58.6 Å². The Labute approximate surface area is 194 Å². The lowest BCUT2D eigenvalue weighted by molar-refractivity contribution is -0.140. The first-order valence-electron chi connectivity index (χ1n) is 10.5. The third-order valence-corrected chi connectivity index (χ3v) is 5.48. The molecule has 2 aromatic rings. The van der Waals surface area contributed by atoms with Crippen LogP contribution >= 0.6 is 23.2 Å². The van der Waals surface area contributed by atoms with Crippen LogP contribution in [-0.2, 0) is 16.1 Å². The van der Waals surface area contributed by atoms with Crippen LogP contribution in [0.25, 0.3) is 0 Å². The highest BCUT2D eigenvalue weighted by Gasteiger charge is 2.26. The van der Waals surface area contributed by atoms with Crippen LogP contribution in [0.3, 0.4) is 0 Å². The van der Waals surface area contributed by atoms with Gasteiger partial charge in [0.1, 0.15) is 11.8 Å². The van der Waals surface area contributed by atoms with Crippen molar-refractivity contribution >= 4 is 35.0 Å². The van der Waals surface area contributed by atoms with E-state index in [4.69, 9.17) is 27.9 Å². The van der Waals surface area contributed by atoms with Crippen molar-refractivity contribution in [2.75, 3.05) is 13.2 Å². The standard InChI is InChI=1S/C24H30Cl2N2O3/c1-4-13-27-24(30)18(3)28(16-19-9-10-20(25)15-22(19)26)23(29)6-5-14-31-21-11-7-17(2)8-12-21/h7-12,15,18H,4-6,13-14,16H2,1-3H3,(H,27,30)/t18-/m1/s1. The van der Waals surface area contributed by atoms with E-state index in [2.05, 4.69) is 5.32 Å². The number of hydrogen-bond acceptors (Lipinski definition) is 3. The molecule has 2 amide bonds. The maximum Gasteiger partial charge on any atom is 0.242 e. The van der Waals surface area contributed by atoms with Gasteiger partial charge in [0.2, 0.25) is 11.8 Å². The summed E-state index contributed by atoms with van der Waals surface area (Å²) in [5.41, 5.74) is 1.90. The first kappa shape index (κ1) is 25.0. The molecule has 0 aliphatic heterocycles. The second-order valence-corrected chi connectivity index (χ2v) is 8.33. The summed E-state index contributed by atoms with van der Waals surface area (Å²) in [5.74, 6) is 0.462. The van der Waals surface area contributed by atoms with Crippen LogP contribution in [0.1, 0.15) is 44.2 Å². The summed E-state index contributed by atoms with van der Waals surface area (Å²) in [6.45, 7) is 6.94. The molecule has 7 heteroatoms. The molecule has 0 fully saturated rings. The average molecular weight is 465 g/mol. The summed E-state index contributed by atoms with van der Waals surface area (Å²) in [7, 11) is 0. The van der Waals surface area contributed by atoms with Gasteiger partial charge >= 0.3 is 0 Å². The van der Waals surface area contributed by atoms with E-state index >= 15 is 0 Å². The Hall–Kier alpha value is -2.24. The maximum absolute atomic E-state index is 13.0. The van der Waals surface area contributed by atoms with Gasteiger partial charge in [-0.3, -0.25) is 9.59 Å². The molecule has 0 spiro atoms. The van der Waals surface area contributed by atoms with E-state index < -0.39 is 6.04 Å². The number of amides is 2. The van der Waals surface area contributed by atoms with Crippen LogP contribution in [0.4, 0.5) is 0 Å². The molecule has 0 radical (unpaired) electrons.